The minimum Gasteiger partial charge on any atom is -0.315 e. The third-order valence-corrected chi connectivity index (χ3v) is 4.13. The van der Waals surface area contributed by atoms with Crippen LogP contribution in [-0.4, -0.2) is 31.6 Å². The van der Waals surface area contributed by atoms with Crippen LogP contribution in [0, 0.1) is 8.80 Å². The normalized spacial score (nSPS) is 11.6. The lowest BCUT2D eigenvalue weighted by Crippen LogP contribution is -2.30. The molecule has 0 aliphatic carbocycles. The Kier molecular flexibility index (Phi) is 6.87. The molecule has 0 spiro atoms. The molecule has 0 fully saturated rings. The molecule has 16 heavy (non-hydrogen) atoms. The molecule has 1 heterocycles. The van der Waals surface area contributed by atoms with Crippen molar-refractivity contribution in [3.63, 3.8) is 0 Å². The molecule has 4 heteroatoms. The van der Waals surface area contributed by atoms with Gasteiger partial charge < -0.3 is 10.2 Å². The van der Waals surface area contributed by atoms with Crippen LogP contribution in [0.4, 0.5) is 0 Å². The summed E-state index contributed by atoms with van der Waals surface area (Å²) >= 11 is 4.20. The van der Waals surface area contributed by atoms with E-state index in [4.69, 9.17) is 0 Å². The fourth-order valence-electron chi connectivity index (χ4n) is 1.48. The third-order valence-electron chi connectivity index (χ3n) is 2.30. The Balaban J connectivity index is 2.13. The van der Waals surface area contributed by atoms with Gasteiger partial charge in [-0.1, -0.05) is 13.8 Å². The zero-order valence-corrected chi connectivity index (χ0v) is 13.3. The Bertz CT molecular complexity index is 299. The molecule has 1 aromatic heterocycles. The molecule has 0 aliphatic heterocycles. The van der Waals surface area contributed by atoms with Crippen molar-refractivity contribution in [2.45, 2.75) is 20.4 Å². The second kappa shape index (κ2) is 7.63. The van der Waals surface area contributed by atoms with Crippen LogP contribution in [-0.2, 0) is 6.54 Å². The van der Waals surface area contributed by atoms with E-state index >= 15 is 0 Å². The number of halogens is 1. The minimum atomic E-state index is 0.740. The molecule has 1 N–H and O–H groups in total. The molecule has 0 bridgehead atoms. The summed E-state index contributed by atoms with van der Waals surface area (Å²) < 4.78 is 1.37. The highest BCUT2D eigenvalue weighted by Crippen LogP contribution is 2.17. The minimum absolute atomic E-state index is 0.740. The van der Waals surface area contributed by atoms with Crippen LogP contribution in [0.5, 0.6) is 0 Å². The molecular weight excluding hydrogens is 331 g/mol. The van der Waals surface area contributed by atoms with Crippen molar-refractivity contribution in [3.05, 3.63) is 19.9 Å². The van der Waals surface area contributed by atoms with E-state index in [0.717, 1.165) is 32.1 Å². The number of hydrogen-bond donors (Lipinski definition) is 1. The average Bonchev–Trinajstić information content (AvgIpc) is 2.58. The maximum atomic E-state index is 3.47. The van der Waals surface area contributed by atoms with E-state index < -0.39 is 0 Å². The van der Waals surface area contributed by atoms with E-state index in [-0.39, 0.29) is 0 Å². The first kappa shape index (κ1) is 14.4. The Morgan fingerprint density at radius 1 is 1.50 bits per heavy atom. The van der Waals surface area contributed by atoms with Crippen molar-refractivity contribution < 1.29 is 0 Å². The van der Waals surface area contributed by atoms with Gasteiger partial charge in [0.25, 0.3) is 0 Å². The summed E-state index contributed by atoms with van der Waals surface area (Å²) in [5.41, 5.74) is 1.43. The molecule has 0 saturated heterocycles. The van der Waals surface area contributed by atoms with Crippen molar-refractivity contribution in [1.82, 2.24) is 10.2 Å². The summed E-state index contributed by atoms with van der Waals surface area (Å²) in [6.07, 6.45) is 0. The van der Waals surface area contributed by atoms with Gasteiger partial charge in [-0.25, -0.2) is 0 Å². The molecule has 0 aliphatic rings. The van der Waals surface area contributed by atoms with E-state index in [2.05, 4.69) is 65.1 Å². The van der Waals surface area contributed by atoms with Gasteiger partial charge in [-0.3, -0.25) is 0 Å². The maximum absolute atomic E-state index is 3.47. The van der Waals surface area contributed by atoms with Gasteiger partial charge in [0.1, 0.15) is 0 Å². The molecule has 1 aromatic rings. The quantitative estimate of drug-likeness (QED) is 0.600. The van der Waals surface area contributed by atoms with Crippen LogP contribution in [0.3, 0.4) is 0 Å². The van der Waals surface area contributed by atoms with Crippen molar-refractivity contribution in [3.8, 4) is 0 Å². The van der Waals surface area contributed by atoms with Crippen LogP contribution in [0.1, 0.15) is 19.4 Å². The van der Waals surface area contributed by atoms with Gasteiger partial charge in [-0.2, -0.15) is 0 Å². The summed E-state index contributed by atoms with van der Waals surface area (Å²) in [5.74, 6) is 0.740. The van der Waals surface area contributed by atoms with E-state index in [9.17, 15) is 0 Å². The maximum Gasteiger partial charge on any atom is 0.0656 e. The molecule has 0 atom stereocenters. The van der Waals surface area contributed by atoms with Crippen LogP contribution in [0.25, 0.3) is 0 Å². The SMILES string of the molecule is CC(C)CNCCN(C)Cc1csc(I)c1. The van der Waals surface area contributed by atoms with Crippen molar-refractivity contribution in [2.75, 3.05) is 26.7 Å². The fraction of sp³-hybridized carbons (Fsp3) is 0.667. The molecule has 0 aromatic carbocycles. The molecule has 0 radical (unpaired) electrons. The molecule has 0 saturated carbocycles. The zero-order valence-electron chi connectivity index (χ0n) is 10.3. The lowest BCUT2D eigenvalue weighted by molar-refractivity contribution is 0.322. The summed E-state index contributed by atoms with van der Waals surface area (Å²) in [4.78, 5) is 2.37. The van der Waals surface area contributed by atoms with Crippen LogP contribution in [0.15, 0.2) is 11.4 Å². The monoisotopic (exact) mass is 352 g/mol. The standard InChI is InChI=1S/C12H21IN2S/c1-10(2)7-14-4-5-15(3)8-11-6-12(13)16-9-11/h6,9-10,14H,4-5,7-8H2,1-3H3. The topological polar surface area (TPSA) is 15.3 Å². The summed E-state index contributed by atoms with van der Waals surface area (Å²) in [5, 5.41) is 5.72. The van der Waals surface area contributed by atoms with Gasteiger partial charge in [-0.05, 0) is 59.1 Å². The van der Waals surface area contributed by atoms with E-state index in [1.807, 2.05) is 11.3 Å². The van der Waals surface area contributed by atoms with E-state index in [0.29, 0.717) is 0 Å². The first-order chi connectivity index (χ1) is 7.58. The summed E-state index contributed by atoms with van der Waals surface area (Å²) in [6.45, 7) is 8.84. The molecule has 92 valence electrons. The number of thiophene rings is 1. The Morgan fingerprint density at radius 2 is 2.25 bits per heavy atom. The Labute approximate surface area is 117 Å². The highest BCUT2D eigenvalue weighted by molar-refractivity contribution is 14.1. The molecule has 0 amide bonds. The van der Waals surface area contributed by atoms with Gasteiger partial charge in [0.05, 0.1) is 2.88 Å². The smallest absolute Gasteiger partial charge is 0.0656 e. The molecule has 0 unspecified atom stereocenters. The van der Waals surface area contributed by atoms with Gasteiger partial charge in [0.2, 0.25) is 0 Å². The molecule has 1 rings (SSSR count). The van der Waals surface area contributed by atoms with Crippen LogP contribution in [0.2, 0.25) is 0 Å². The van der Waals surface area contributed by atoms with Gasteiger partial charge >= 0.3 is 0 Å². The highest BCUT2D eigenvalue weighted by Gasteiger charge is 2.02. The Morgan fingerprint density at radius 3 is 2.81 bits per heavy atom. The van der Waals surface area contributed by atoms with E-state index in [1.165, 1.54) is 8.45 Å². The summed E-state index contributed by atoms with van der Waals surface area (Å²) in [7, 11) is 2.18. The third kappa shape index (κ3) is 6.18. The lowest BCUT2D eigenvalue weighted by atomic mass is 10.2. The number of likely N-dealkylation sites (N-methyl/N-ethyl adjacent to an activating group) is 1. The first-order valence-electron chi connectivity index (χ1n) is 5.70. The van der Waals surface area contributed by atoms with Gasteiger partial charge in [-0.15, -0.1) is 11.3 Å². The predicted octanol–water partition coefficient (Wildman–Crippen LogP) is 3.03. The van der Waals surface area contributed by atoms with Crippen LogP contribution >= 0.6 is 33.9 Å². The van der Waals surface area contributed by atoms with Crippen molar-refractivity contribution >= 4 is 33.9 Å². The van der Waals surface area contributed by atoms with Crippen LogP contribution < -0.4 is 5.32 Å². The first-order valence-corrected chi connectivity index (χ1v) is 7.66. The number of rotatable bonds is 7. The van der Waals surface area contributed by atoms with E-state index in [1.54, 1.807) is 0 Å². The zero-order chi connectivity index (χ0) is 12.0. The summed E-state index contributed by atoms with van der Waals surface area (Å²) in [6, 6.07) is 2.27. The highest BCUT2D eigenvalue weighted by atomic mass is 127. The number of nitrogens with one attached hydrogen (secondary N) is 1. The Hall–Kier alpha value is 0.350. The fourth-order valence-corrected chi connectivity index (χ4v) is 2.89. The number of hydrogen-bond acceptors (Lipinski definition) is 3. The lowest BCUT2D eigenvalue weighted by Gasteiger charge is -2.16. The van der Waals surface area contributed by atoms with Gasteiger partial charge in [0, 0.05) is 19.6 Å². The van der Waals surface area contributed by atoms with Gasteiger partial charge in [0.15, 0.2) is 0 Å². The van der Waals surface area contributed by atoms with Crippen molar-refractivity contribution in [2.24, 2.45) is 5.92 Å². The second-order valence-corrected chi connectivity index (χ2v) is 7.40. The molecule has 2 nitrogen and oxygen atoms in total. The molecular formula is C12H21IN2S. The average molecular weight is 352 g/mol. The number of nitrogens with zero attached hydrogens (tertiary/aromatic N) is 1. The predicted molar refractivity (Wildman–Crippen MR) is 81.1 cm³/mol. The van der Waals surface area contributed by atoms with Crippen molar-refractivity contribution in [1.29, 1.82) is 0 Å². The largest absolute Gasteiger partial charge is 0.315 e. The second-order valence-electron chi connectivity index (χ2n) is 4.59.